The first kappa shape index (κ1) is 24.0. The van der Waals surface area contributed by atoms with E-state index in [-0.39, 0.29) is 28.9 Å². The van der Waals surface area contributed by atoms with Crippen molar-refractivity contribution in [3.05, 3.63) is 54.1 Å². The zero-order chi connectivity index (χ0) is 23.3. The molecule has 1 aliphatic heterocycles. The highest BCUT2D eigenvalue weighted by molar-refractivity contribution is 7.92. The standard InChI is InChI=1S/C23H31N3O5S/c1-16-13-24-17(2)15-31-21-12-18(25-32(28,29)19-8-6-5-7-9-19)10-11-20(21)23(27)26(3)14-22(16)30-4/h5-12,16-17,22,24-25H,13-15H2,1-4H3/t16-,17+,22-/m1/s1. The van der Waals surface area contributed by atoms with Crippen LogP contribution in [0.25, 0.3) is 0 Å². The molecular weight excluding hydrogens is 430 g/mol. The summed E-state index contributed by atoms with van der Waals surface area (Å²) < 4.78 is 39.5. The summed E-state index contributed by atoms with van der Waals surface area (Å²) >= 11 is 0. The van der Waals surface area contributed by atoms with Gasteiger partial charge in [0.05, 0.1) is 22.3 Å². The fraction of sp³-hybridized carbons (Fsp3) is 0.435. The minimum Gasteiger partial charge on any atom is -0.491 e. The van der Waals surface area contributed by atoms with E-state index in [0.29, 0.717) is 30.2 Å². The van der Waals surface area contributed by atoms with Gasteiger partial charge in [-0.15, -0.1) is 0 Å². The van der Waals surface area contributed by atoms with E-state index in [9.17, 15) is 13.2 Å². The number of hydrogen-bond acceptors (Lipinski definition) is 6. The quantitative estimate of drug-likeness (QED) is 0.727. The third-order valence-electron chi connectivity index (χ3n) is 5.53. The number of carbonyl (C=O) groups is 1. The summed E-state index contributed by atoms with van der Waals surface area (Å²) in [6.45, 7) is 5.54. The summed E-state index contributed by atoms with van der Waals surface area (Å²) in [6.07, 6.45) is -0.121. The van der Waals surface area contributed by atoms with Crippen LogP contribution in [0.3, 0.4) is 0 Å². The Morgan fingerprint density at radius 1 is 1.16 bits per heavy atom. The monoisotopic (exact) mass is 461 g/mol. The molecule has 0 aromatic heterocycles. The molecule has 0 unspecified atom stereocenters. The first-order chi connectivity index (χ1) is 15.2. The number of hydrogen-bond donors (Lipinski definition) is 2. The van der Waals surface area contributed by atoms with Crippen LogP contribution in [0.4, 0.5) is 5.69 Å². The Morgan fingerprint density at radius 3 is 2.56 bits per heavy atom. The Kier molecular flexibility index (Phi) is 7.76. The number of amides is 1. The van der Waals surface area contributed by atoms with Crippen LogP contribution >= 0.6 is 0 Å². The van der Waals surface area contributed by atoms with Gasteiger partial charge in [-0.2, -0.15) is 0 Å². The number of sulfonamides is 1. The van der Waals surface area contributed by atoms with Gasteiger partial charge in [-0.1, -0.05) is 25.1 Å². The van der Waals surface area contributed by atoms with Gasteiger partial charge >= 0.3 is 0 Å². The number of ether oxygens (including phenoxy) is 2. The molecule has 174 valence electrons. The van der Waals surface area contributed by atoms with Crippen LogP contribution in [0, 0.1) is 5.92 Å². The molecule has 3 rings (SSSR count). The number of rotatable bonds is 4. The number of methoxy groups -OCH3 is 1. The molecule has 2 aromatic carbocycles. The smallest absolute Gasteiger partial charge is 0.261 e. The van der Waals surface area contributed by atoms with Crippen LogP contribution in [-0.2, 0) is 14.8 Å². The molecular formula is C23H31N3O5S. The van der Waals surface area contributed by atoms with Gasteiger partial charge in [-0.05, 0) is 37.1 Å². The molecule has 1 aliphatic rings. The Balaban J connectivity index is 1.91. The zero-order valence-electron chi connectivity index (χ0n) is 18.9. The summed E-state index contributed by atoms with van der Waals surface area (Å²) in [5, 5.41) is 3.43. The van der Waals surface area contributed by atoms with Crippen molar-refractivity contribution in [2.24, 2.45) is 5.92 Å². The number of likely N-dealkylation sites (N-methyl/N-ethyl adjacent to an activating group) is 1. The van der Waals surface area contributed by atoms with Crippen LogP contribution in [0.5, 0.6) is 5.75 Å². The Labute approximate surface area is 190 Å². The largest absolute Gasteiger partial charge is 0.491 e. The van der Waals surface area contributed by atoms with Crippen molar-refractivity contribution in [3.8, 4) is 5.75 Å². The summed E-state index contributed by atoms with van der Waals surface area (Å²) in [7, 11) is -0.391. The maximum absolute atomic E-state index is 13.2. The van der Waals surface area contributed by atoms with Crippen LogP contribution in [0.2, 0.25) is 0 Å². The van der Waals surface area contributed by atoms with Crippen LogP contribution in [-0.4, -0.2) is 65.2 Å². The maximum Gasteiger partial charge on any atom is 0.261 e. The second kappa shape index (κ2) is 10.3. The molecule has 1 heterocycles. The first-order valence-electron chi connectivity index (χ1n) is 10.6. The predicted molar refractivity (Wildman–Crippen MR) is 124 cm³/mol. The van der Waals surface area contributed by atoms with Gasteiger partial charge in [0.15, 0.2) is 0 Å². The molecule has 2 aromatic rings. The molecule has 3 atom stereocenters. The average molecular weight is 462 g/mol. The van der Waals surface area contributed by atoms with Crippen molar-refractivity contribution in [2.45, 2.75) is 30.9 Å². The molecule has 2 N–H and O–H groups in total. The lowest BCUT2D eigenvalue weighted by atomic mass is 10.0. The molecule has 0 aliphatic carbocycles. The minimum atomic E-state index is -3.76. The molecule has 8 nitrogen and oxygen atoms in total. The lowest BCUT2D eigenvalue weighted by molar-refractivity contribution is 0.0281. The minimum absolute atomic E-state index is 0.0275. The zero-order valence-corrected chi connectivity index (χ0v) is 19.7. The van der Waals surface area contributed by atoms with Gasteiger partial charge in [0.1, 0.15) is 12.4 Å². The maximum atomic E-state index is 13.2. The molecule has 9 heteroatoms. The van der Waals surface area contributed by atoms with Crippen molar-refractivity contribution in [3.63, 3.8) is 0 Å². The molecule has 0 saturated carbocycles. The van der Waals surface area contributed by atoms with Gasteiger partial charge in [0, 0.05) is 39.4 Å². The van der Waals surface area contributed by atoms with E-state index in [1.165, 1.54) is 12.1 Å². The number of anilines is 1. The molecule has 0 spiro atoms. The normalized spacial score (nSPS) is 22.8. The van der Waals surface area contributed by atoms with Crippen molar-refractivity contribution < 1.29 is 22.7 Å². The summed E-state index contributed by atoms with van der Waals surface area (Å²) in [5.74, 6) is 0.311. The van der Waals surface area contributed by atoms with Crippen molar-refractivity contribution in [2.75, 3.05) is 38.6 Å². The number of carbonyl (C=O) groups excluding carboxylic acids is 1. The molecule has 0 bridgehead atoms. The fourth-order valence-electron chi connectivity index (χ4n) is 3.53. The molecule has 1 amide bonds. The number of benzene rings is 2. The van der Waals surface area contributed by atoms with Gasteiger partial charge < -0.3 is 19.7 Å². The third kappa shape index (κ3) is 5.79. The predicted octanol–water partition coefficient (Wildman–Crippen LogP) is 2.58. The highest BCUT2D eigenvalue weighted by Gasteiger charge is 2.26. The summed E-state index contributed by atoms with van der Waals surface area (Å²) in [4.78, 5) is 14.9. The molecule has 0 saturated heterocycles. The Bertz CT molecular complexity index is 1030. The SMILES string of the molecule is CO[C@@H]1CN(C)C(=O)c2ccc(NS(=O)(=O)c3ccccc3)cc2OC[C@H](C)NC[C@H]1C. The fourth-order valence-corrected chi connectivity index (χ4v) is 4.60. The van der Waals surface area contributed by atoms with Crippen molar-refractivity contribution in [1.29, 1.82) is 0 Å². The number of nitrogens with one attached hydrogen (secondary N) is 2. The van der Waals surface area contributed by atoms with E-state index in [1.54, 1.807) is 55.5 Å². The Hall–Kier alpha value is -2.62. The topological polar surface area (TPSA) is 97.0 Å². The second-order valence-electron chi connectivity index (χ2n) is 8.19. The lowest BCUT2D eigenvalue weighted by Gasteiger charge is -2.30. The van der Waals surface area contributed by atoms with Crippen LogP contribution in [0.1, 0.15) is 24.2 Å². The number of fused-ring (bicyclic) bond motifs is 1. The number of nitrogens with zero attached hydrogens (tertiary/aromatic N) is 1. The molecule has 0 fully saturated rings. The van der Waals surface area contributed by atoms with E-state index in [2.05, 4.69) is 17.0 Å². The van der Waals surface area contributed by atoms with Gasteiger partial charge in [0.25, 0.3) is 15.9 Å². The van der Waals surface area contributed by atoms with E-state index < -0.39 is 10.0 Å². The molecule has 32 heavy (non-hydrogen) atoms. The molecule has 0 radical (unpaired) electrons. The van der Waals surface area contributed by atoms with Gasteiger partial charge in [-0.25, -0.2) is 8.42 Å². The van der Waals surface area contributed by atoms with E-state index in [4.69, 9.17) is 9.47 Å². The van der Waals surface area contributed by atoms with Gasteiger partial charge in [0.2, 0.25) is 0 Å². The van der Waals surface area contributed by atoms with Crippen molar-refractivity contribution in [1.82, 2.24) is 10.2 Å². The van der Waals surface area contributed by atoms with Crippen molar-refractivity contribution >= 4 is 21.6 Å². The van der Waals surface area contributed by atoms with E-state index >= 15 is 0 Å². The van der Waals surface area contributed by atoms with E-state index in [1.807, 2.05) is 6.92 Å². The van der Waals surface area contributed by atoms with Gasteiger partial charge in [-0.3, -0.25) is 9.52 Å². The summed E-state index contributed by atoms with van der Waals surface area (Å²) in [5.41, 5.74) is 0.685. The first-order valence-corrected chi connectivity index (χ1v) is 12.1. The van der Waals surface area contributed by atoms with Crippen LogP contribution in [0.15, 0.2) is 53.4 Å². The highest BCUT2D eigenvalue weighted by atomic mass is 32.2. The Morgan fingerprint density at radius 2 is 1.88 bits per heavy atom. The lowest BCUT2D eigenvalue weighted by Crippen LogP contribution is -2.44. The average Bonchev–Trinajstić information content (AvgIpc) is 2.78. The highest BCUT2D eigenvalue weighted by Crippen LogP contribution is 2.27. The summed E-state index contributed by atoms with van der Waals surface area (Å²) in [6, 6.07) is 12.8. The van der Waals surface area contributed by atoms with Crippen LogP contribution < -0.4 is 14.8 Å². The van der Waals surface area contributed by atoms with E-state index in [0.717, 1.165) is 6.54 Å². The third-order valence-corrected chi connectivity index (χ3v) is 6.93. The second-order valence-corrected chi connectivity index (χ2v) is 9.87.